The minimum Gasteiger partial charge on any atom is -0.497 e. The molecule has 0 atom stereocenters. The molecule has 0 spiro atoms. The second-order valence-electron chi connectivity index (χ2n) is 6.90. The van der Waals surface area contributed by atoms with Gasteiger partial charge in [-0.1, -0.05) is 6.07 Å². The van der Waals surface area contributed by atoms with Crippen LogP contribution in [0, 0.1) is 0 Å². The normalized spacial score (nSPS) is 11.2. The Kier molecular flexibility index (Phi) is 5.87. The molecule has 1 aromatic heterocycles. The SMILES string of the molecule is COc1ccc(-c2nc(S(=O)(=O)c3cccc(OC)c3)[nH]c2-c2ccc(OC)cc2)cc1. The fourth-order valence-corrected chi connectivity index (χ4v) is 4.48. The van der Waals surface area contributed by atoms with Gasteiger partial charge >= 0.3 is 0 Å². The van der Waals surface area contributed by atoms with Crippen molar-refractivity contribution >= 4 is 9.84 Å². The van der Waals surface area contributed by atoms with Gasteiger partial charge in [0.1, 0.15) is 17.2 Å². The van der Waals surface area contributed by atoms with Crippen LogP contribution < -0.4 is 14.2 Å². The summed E-state index contributed by atoms with van der Waals surface area (Å²) in [5.41, 5.74) is 2.62. The highest BCUT2D eigenvalue weighted by molar-refractivity contribution is 7.91. The van der Waals surface area contributed by atoms with Crippen molar-refractivity contribution in [3.63, 3.8) is 0 Å². The molecular formula is C24H22N2O5S. The van der Waals surface area contributed by atoms with Gasteiger partial charge in [-0.2, -0.15) is 0 Å². The number of ether oxygens (including phenoxy) is 3. The first kappa shape index (κ1) is 21.5. The molecule has 32 heavy (non-hydrogen) atoms. The number of imidazole rings is 1. The number of benzene rings is 3. The van der Waals surface area contributed by atoms with E-state index in [1.54, 1.807) is 38.5 Å². The maximum atomic E-state index is 13.3. The van der Waals surface area contributed by atoms with E-state index in [0.29, 0.717) is 28.6 Å². The largest absolute Gasteiger partial charge is 0.497 e. The molecular weight excluding hydrogens is 428 g/mol. The van der Waals surface area contributed by atoms with Crippen LogP contribution in [0.4, 0.5) is 0 Å². The Labute approximate surface area is 186 Å². The molecule has 8 heteroatoms. The molecule has 0 amide bonds. The monoisotopic (exact) mass is 450 g/mol. The number of nitrogens with one attached hydrogen (secondary N) is 1. The first-order valence-corrected chi connectivity index (χ1v) is 11.2. The van der Waals surface area contributed by atoms with Crippen molar-refractivity contribution in [3.05, 3.63) is 72.8 Å². The van der Waals surface area contributed by atoms with E-state index in [-0.39, 0.29) is 10.1 Å². The summed E-state index contributed by atoms with van der Waals surface area (Å²) in [6, 6.07) is 20.9. The Morgan fingerprint density at radius 3 is 1.84 bits per heavy atom. The van der Waals surface area contributed by atoms with Crippen molar-refractivity contribution < 1.29 is 22.6 Å². The molecule has 0 fully saturated rings. The molecule has 7 nitrogen and oxygen atoms in total. The van der Waals surface area contributed by atoms with E-state index >= 15 is 0 Å². The van der Waals surface area contributed by atoms with E-state index in [1.807, 2.05) is 36.4 Å². The van der Waals surface area contributed by atoms with Crippen LogP contribution in [0.15, 0.2) is 82.8 Å². The zero-order valence-electron chi connectivity index (χ0n) is 17.8. The fourth-order valence-electron chi connectivity index (χ4n) is 3.28. The van der Waals surface area contributed by atoms with Crippen molar-refractivity contribution in [1.82, 2.24) is 9.97 Å². The van der Waals surface area contributed by atoms with Crippen LogP contribution in [-0.4, -0.2) is 39.7 Å². The van der Waals surface area contributed by atoms with Crippen LogP contribution in [-0.2, 0) is 9.84 Å². The summed E-state index contributed by atoms with van der Waals surface area (Å²) >= 11 is 0. The highest BCUT2D eigenvalue weighted by Crippen LogP contribution is 2.34. The minimum atomic E-state index is -3.91. The molecule has 4 aromatic rings. The van der Waals surface area contributed by atoms with Gasteiger partial charge in [0.15, 0.2) is 0 Å². The summed E-state index contributed by atoms with van der Waals surface area (Å²) in [4.78, 5) is 7.62. The second-order valence-corrected chi connectivity index (χ2v) is 8.77. The Morgan fingerprint density at radius 2 is 1.28 bits per heavy atom. The van der Waals surface area contributed by atoms with E-state index in [1.165, 1.54) is 19.2 Å². The Bertz CT molecular complexity index is 1260. The quantitative estimate of drug-likeness (QED) is 0.442. The van der Waals surface area contributed by atoms with Gasteiger partial charge in [0, 0.05) is 11.1 Å². The van der Waals surface area contributed by atoms with Crippen molar-refractivity contribution in [2.24, 2.45) is 0 Å². The zero-order chi connectivity index (χ0) is 22.7. The van der Waals surface area contributed by atoms with E-state index in [2.05, 4.69) is 9.97 Å². The molecule has 0 unspecified atom stereocenters. The maximum Gasteiger partial charge on any atom is 0.240 e. The van der Waals surface area contributed by atoms with Crippen LogP contribution in [0.3, 0.4) is 0 Å². The van der Waals surface area contributed by atoms with Crippen LogP contribution >= 0.6 is 0 Å². The van der Waals surface area contributed by atoms with Crippen molar-refractivity contribution in [1.29, 1.82) is 0 Å². The third kappa shape index (κ3) is 4.04. The highest BCUT2D eigenvalue weighted by Gasteiger charge is 2.25. The molecule has 4 rings (SSSR count). The van der Waals surface area contributed by atoms with Crippen LogP contribution in [0.2, 0.25) is 0 Å². The molecule has 3 aromatic carbocycles. The number of nitrogens with zero attached hydrogens (tertiary/aromatic N) is 1. The average molecular weight is 451 g/mol. The topological polar surface area (TPSA) is 90.5 Å². The van der Waals surface area contributed by atoms with Crippen LogP contribution in [0.25, 0.3) is 22.5 Å². The number of sulfone groups is 1. The number of methoxy groups -OCH3 is 3. The number of hydrogen-bond acceptors (Lipinski definition) is 6. The van der Waals surface area contributed by atoms with Gasteiger partial charge in [0.25, 0.3) is 0 Å². The predicted octanol–water partition coefficient (Wildman–Crippen LogP) is 4.60. The summed E-state index contributed by atoms with van der Waals surface area (Å²) in [5.74, 6) is 1.84. The molecule has 0 saturated carbocycles. The van der Waals surface area contributed by atoms with Gasteiger partial charge < -0.3 is 19.2 Å². The van der Waals surface area contributed by atoms with Gasteiger partial charge in [-0.05, 0) is 66.7 Å². The summed E-state index contributed by atoms with van der Waals surface area (Å²) < 4.78 is 42.3. The molecule has 0 radical (unpaired) electrons. The molecule has 1 heterocycles. The first-order chi connectivity index (χ1) is 15.5. The lowest BCUT2D eigenvalue weighted by Gasteiger charge is -2.06. The van der Waals surface area contributed by atoms with E-state index in [0.717, 1.165) is 11.1 Å². The van der Waals surface area contributed by atoms with Gasteiger partial charge in [-0.15, -0.1) is 0 Å². The molecule has 0 bridgehead atoms. The molecule has 0 saturated heterocycles. The first-order valence-electron chi connectivity index (χ1n) is 9.74. The molecule has 0 aliphatic rings. The van der Waals surface area contributed by atoms with Crippen molar-refractivity contribution in [2.45, 2.75) is 10.1 Å². The number of hydrogen-bond donors (Lipinski definition) is 1. The van der Waals surface area contributed by atoms with Gasteiger partial charge in [0.05, 0.1) is 37.6 Å². The molecule has 0 aliphatic carbocycles. The highest BCUT2D eigenvalue weighted by atomic mass is 32.2. The van der Waals surface area contributed by atoms with E-state index < -0.39 is 9.84 Å². The summed E-state index contributed by atoms with van der Waals surface area (Å²) in [5, 5.41) is -0.151. The molecule has 1 N–H and O–H groups in total. The van der Waals surface area contributed by atoms with Gasteiger partial charge in [-0.25, -0.2) is 13.4 Å². The fraction of sp³-hybridized carbons (Fsp3) is 0.125. The second kappa shape index (κ2) is 8.76. The summed E-state index contributed by atoms with van der Waals surface area (Å²) in [7, 11) is 0.756. The van der Waals surface area contributed by atoms with Crippen molar-refractivity contribution in [3.8, 4) is 39.8 Å². The lowest BCUT2D eigenvalue weighted by Crippen LogP contribution is -2.04. The van der Waals surface area contributed by atoms with Gasteiger partial charge in [-0.3, -0.25) is 0 Å². The Balaban J connectivity index is 1.87. The third-order valence-electron chi connectivity index (χ3n) is 5.03. The van der Waals surface area contributed by atoms with E-state index in [4.69, 9.17) is 14.2 Å². The van der Waals surface area contributed by atoms with Gasteiger partial charge in [0.2, 0.25) is 15.0 Å². The third-order valence-corrected chi connectivity index (χ3v) is 6.61. The van der Waals surface area contributed by atoms with E-state index in [9.17, 15) is 8.42 Å². The zero-order valence-corrected chi connectivity index (χ0v) is 18.6. The standard InChI is InChI=1S/C24H22N2O5S/c1-29-18-11-7-16(8-12-18)22-23(17-9-13-19(30-2)14-10-17)26-24(25-22)32(27,28)21-6-4-5-20(15-21)31-3/h4-15H,1-3H3,(H,25,26). The average Bonchev–Trinajstić information content (AvgIpc) is 3.30. The summed E-state index contributed by atoms with van der Waals surface area (Å²) in [6.07, 6.45) is 0. The lowest BCUT2D eigenvalue weighted by molar-refractivity contribution is 0.413. The Morgan fingerprint density at radius 1 is 0.719 bits per heavy atom. The number of rotatable bonds is 7. The smallest absolute Gasteiger partial charge is 0.240 e. The Hall–Kier alpha value is -3.78. The number of H-pyrrole nitrogens is 1. The maximum absolute atomic E-state index is 13.3. The predicted molar refractivity (Wildman–Crippen MR) is 121 cm³/mol. The number of aromatic nitrogens is 2. The number of aromatic amines is 1. The van der Waals surface area contributed by atoms with Crippen molar-refractivity contribution in [2.75, 3.05) is 21.3 Å². The minimum absolute atomic E-state index is 0.0909. The molecule has 164 valence electrons. The van der Waals surface area contributed by atoms with Crippen LogP contribution in [0.1, 0.15) is 0 Å². The summed E-state index contributed by atoms with van der Waals surface area (Å²) in [6.45, 7) is 0. The van der Waals surface area contributed by atoms with Crippen LogP contribution in [0.5, 0.6) is 17.2 Å². The lowest BCUT2D eigenvalue weighted by atomic mass is 10.0. The molecule has 0 aliphatic heterocycles.